The molecule has 0 saturated heterocycles. The molecule has 0 aliphatic heterocycles. The molecule has 0 amide bonds. The Kier molecular flexibility index (Phi) is 3.20. The van der Waals surface area contributed by atoms with Crippen molar-refractivity contribution in [3.63, 3.8) is 0 Å². The summed E-state index contributed by atoms with van der Waals surface area (Å²) in [5.41, 5.74) is 1.11. The predicted octanol–water partition coefficient (Wildman–Crippen LogP) is 2.73. The molecule has 0 spiro atoms. The van der Waals surface area contributed by atoms with Crippen molar-refractivity contribution >= 4 is 23.6 Å². The molecule has 0 saturated carbocycles. The third-order valence-corrected chi connectivity index (χ3v) is 4.06. The molecule has 0 bridgehead atoms. The second-order valence-corrected chi connectivity index (χ2v) is 4.97. The van der Waals surface area contributed by atoms with E-state index in [0.717, 1.165) is 34.2 Å². The maximum Gasteiger partial charge on any atom is 0.195 e. The van der Waals surface area contributed by atoms with Crippen molar-refractivity contribution < 1.29 is 0 Å². The summed E-state index contributed by atoms with van der Waals surface area (Å²) in [7, 11) is 1.92. The predicted molar refractivity (Wildman–Crippen MR) is 68.3 cm³/mol. The van der Waals surface area contributed by atoms with Gasteiger partial charge < -0.3 is 4.57 Å². The van der Waals surface area contributed by atoms with E-state index in [2.05, 4.69) is 29.0 Å². The molecule has 2 rings (SSSR count). The van der Waals surface area contributed by atoms with Crippen LogP contribution in [0.15, 0.2) is 0 Å². The molecule has 0 aliphatic rings. The zero-order valence-corrected chi connectivity index (χ0v) is 11.2. The van der Waals surface area contributed by atoms with Gasteiger partial charge in [-0.25, -0.2) is 4.98 Å². The zero-order valence-electron chi connectivity index (χ0n) is 9.57. The molecule has 0 atom stereocenters. The van der Waals surface area contributed by atoms with Crippen LogP contribution in [-0.4, -0.2) is 19.7 Å². The quantitative estimate of drug-likeness (QED) is 0.857. The van der Waals surface area contributed by atoms with E-state index in [-0.39, 0.29) is 0 Å². The molecule has 2 aromatic heterocycles. The summed E-state index contributed by atoms with van der Waals surface area (Å²) < 4.78 is 2.53. The van der Waals surface area contributed by atoms with Crippen LogP contribution in [0.2, 0.25) is 0 Å². The Bertz CT molecular complexity index is 549. The first-order chi connectivity index (χ1) is 7.67. The molecule has 0 unspecified atom stereocenters. The summed E-state index contributed by atoms with van der Waals surface area (Å²) in [5.74, 6) is 0.888. The monoisotopic (exact) mass is 254 g/mol. The standard InChI is InChI=1S/C10H14N4S2/c1-4-6-8(16-7(5-2)11-6)9-12-13-10(15)14(9)3/h4-5H2,1-3H3,(H,13,15). The number of thiazole rings is 1. The van der Waals surface area contributed by atoms with Gasteiger partial charge in [0.15, 0.2) is 10.6 Å². The molecule has 6 heteroatoms. The summed E-state index contributed by atoms with van der Waals surface area (Å²) in [6.07, 6.45) is 1.89. The highest BCUT2D eigenvalue weighted by atomic mass is 32.1. The lowest BCUT2D eigenvalue weighted by atomic mass is 10.3. The highest BCUT2D eigenvalue weighted by Gasteiger charge is 2.15. The summed E-state index contributed by atoms with van der Waals surface area (Å²) >= 11 is 6.82. The van der Waals surface area contributed by atoms with Gasteiger partial charge in [-0.3, -0.25) is 5.10 Å². The highest BCUT2D eigenvalue weighted by Crippen LogP contribution is 2.29. The van der Waals surface area contributed by atoms with Crippen LogP contribution in [-0.2, 0) is 19.9 Å². The highest BCUT2D eigenvalue weighted by molar-refractivity contribution is 7.71. The number of aromatic amines is 1. The largest absolute Gasteiger partial charge is 0.303 e. The normalized spacial score (nSPS) is 10.9. The molecule has 2 heterocycles. The van der Waals surface area contributed by atoms with Crippen molar-refractivity contribution in [2.24, 2.45) is 7.05 Å². The molecule has 0 radical (unpaired) electrons. The second kappa shape index (κ2) is 4.47. The van der Waals surface area contributed by atoms with E-state index >= 15 is 0 Å². The van der Waals surface area contributed by atoms with Crippen LogP contribution in [0.25, 0.3) is 10.7 Å². The van der Waals surface area contributed by atoms with Crippen LogP contribution < -0.4 is 0 Å². The molecule has 2 aromatic rings. The van der Waals surface area contributed by atoms with Crippen molar-refractivity contribution in [3.8, 4) is 10.7 Å². The lowest BCUT2D eigenvalue weighted by Crippen LogP contribution is -1.93. The minimum absolute atomic E-state index is 0.642. The Morgan fingerprint density at radius 1 is 1.38 bits per heavy atom. The maximum absolute atomic E-state index is 5.12. The van der Waals surface area contributed by atoms with Crippen molar-refractivity contribution in [1.82, 2.24) is 19.7 Å². The van der Waals surface area contributed by atoms with E-state index in [1.165, 1.54) is 0 Å². The van der Waals surface area contributed by atoms with Gasteiger partial charge in [0.05, 0.1) is 15.6 Å². The number of aromatic nitrogens is 4. The smallest absolute Gasteiger partial charge is 0.195 e. The zero-order chi connectivity index (χ0) is 11.7. The van der Waals surface area contributed by atoms with Crippen LogP contribution in [0.5, 0.6) is 0 Å². The average molecular weight is 254 g/mol. The van der Waals surface area contributed by atoms with E-state index in [9.17, 15) is 0 Å². The number of rotatable bonds is 3. The molecule has 4 nitrogen and oxygen atoms in total. The van der Waals surface area contributed by atoms with Gasteiger partial charge in [0, 0.05) is 7.05 Å². The van der Waals surface area contributed by atoms with Crippen molar-refractivity contribution in [2.75, 3.05) is 0 Å². The van der Waals surface area contributed by atoms with Gasteiger partial charge in [0.25, 0.3) is 0 Å². The number of hydrogen-bond donors (Lipinski definition) is 1. The fourth-order valence-corrected chi connectivity index (χ4v) is 2.77. The molecule has 0 fully saturated rings. The molecule has 0 aromatic carbocycles. The van der Waals surface area contributed by atoms with Crippen LogP contribution >= 0.6 is 23.6 Å². The van der Waals surface area contributed by atoms with Gasteiger partial charge >= 0.3 is 0 Å². The molecular weight excluding hydrogens is 240 g/mol. The van der Waals surface area contributed by atoms with Gasteiger partial charge in [0.1, 0.15) is 0 Å². The number of aryl methyl sites for hydroxylation is 2. The van der Waals surface area contributed by atoms with Crippen molar-refractivity contribution in [3.05, 3.63) is 15.5 Å². The summed E-state index contributed by atoms with van der Waals surface area (Å²) in [6, 6.07) is 0. The Morgan fingerprint density at radius 3 is 2.62 bits per heavy atom. The molecular formula is C10H14N4S2. The van der Waals surface area contributed by atoms with Gasteiger partial charge in [-0.15, -0.1) is 11.3 Å². The van der Waals surface area contributed by atoms with Gasteiger partial charge in [0.2, 0.25) is 0 Å². The first-order valence-electron chi connectivity index (χ1n) is 5.27. The number of hydrogen-bond acceptors (Lipinski definition) is 4. The summed E-state index contributed by atoms with van der Waals surface area (Å²) in [5, 5.41) is 8.22. The first-order valence-corrected chi connectivity index (χ1v) is 6.50. The Hall–Kier alpha value is -1.01. The topological polar surface area (TPSA) is 46.5 Å². The summed E-state index contributed by atoms with van der Waals surface area (Å²) in [6.45, 7) is 4.23. The first kappa shape index (κ1) is 11.5. The number of nitrogens with zero attached hydrogens (tertiary/aromatic N) is 3. The minimum atomic E-state index is 0.642. The Balaban J connectivity index is 2.58. The lowest BCUT2D eigenvalue weighted by molar-refractivity contribution is 0.899. The molecule has 0 aliphatic carbocycles. The van der Waals surface area contributed by atoms with E-state index in [1.807, 2.05) is 11.6 Å². The third kappa shape index (κ3) is 1.82. The van der Waals surface area contributed by atoms with Crippen molar-refractivity contribution in [2.45, 2.75) is 26.7 Å². The fraction of sp³-hybridized carbons (Fsp3) is 0.500. The third-order valence-electron chi connectivity index (χ3n) is 2.46. The Labute approximate surface area is 103 Å². The van der Waals surface area contributed by atoms with Crippen LogP contribution in [0.4, 0.5) is 0 Å². The lowest BCUT2D eigenvalue weighted by Gasteiger charge is -1.98. The fourth-order valence-electron chi connectivity index (χ4n) is 1.52. The molecule has 1 N–H and O–H groups in total. The van der Waals surface area contributed by atoms with Crippen LogP contribution in [0.1, 0.15) is 24.5 Å². The van der Waals surface area contributed by atoms with Crippen molar-refractivity contribution in [1.29, 1.82) is 0 Å². The minimum Gasteiger partial charge on any atom is -0.303 e. The number of H-pyrrole nitrogens is 1. The maximum atomic E-state index is 5.12. The SMILES string of the molecule is CCc1nc(CC)c(-c2n[nH]c(=S)n2C)s1. The van der Waals surface area contributed by atoms with Gasteiger partial charge in [-0.2, -0.15) is 5.10 Å². The van der Waals surface area contributed by atoms with Gasteiger partial charge in [-0.05, 0) is 25.1 Å². The van der Waals surface area contributed by atoms with E-state index in [4.69, 9.17) is 12.2 Å². The van der Waals surface area contributed by atoms with E-state index < -0.39 is 0 Å². The molecule has 86 valence electrons. The van der Waals surface area contributed by atoms with Crippen LogP contribution in [0, 0.1) is 4.77 Å². The number of nitrogens with one attached hydrogen (secondary N) is 1. The van der Waals surface area contributed by atoms with E-state index in [0.29, 0.717) is 4.77 Å². The van der Waals surface area contributed by atoms with Gasteiger partial charge in [-0.1, -0.05) is 13.8 Å². The average Bonchev–Trinajstić information content (AvgIpc) is 2.84. The Morgan fingerprint density at radius 2 is 2.12 bits per heavy atom. The second-order valence-electron chi connectivity index (χ2n) is 3.50. The summed E-state index contributed by atoms with van der Waals surface area (Å²) in [4.78, 5) is 5.72. The molecule has 16 heavy (non-hydrogen) atoms. The van der Waals surface area contributed by atoms with Crippen LogP contribution in [0.3, 0.4) is 0 Å². The van der Waals surface area contributed by atoms with E-state index in [1.54, 1.807) is 11.3 Å².